The fourth-order valence-corrected chi connectivity index (χ4v) is 4.26. The van der Waals surface area contributed by atoms with Gasteiger partial charge in [0.25, 0.3) is 0 Å². The standard InChI is InChI=1S/C28H12N4/c1-31-19-5-9-23-26-12-17(15-29)3-7-21(26)25-11-18(16-30)4-8-22(25)27-13-20(32-2)6-10-24(27)28(23)14-19/h3-14H. The Balaban J connectivity index is 2.01. The molecule has 0 N–H and O–H groups in total. The monoisotopic (exact) mass is 404 g/mol. The van der Waals surface area contributed by atoms with Crippen molar-refractivity contribution in [1.29, 1.82) is 10.5 Å². The lowest BCUT2D eigenvalue weighted by atomic mass is 9.80. The highest BCUT2D eigenvalue weighted by Gasteiger charge is 2.23. The van der Waals surface area contributed by atoms with Crippen molar-refractivity contribution < 1.29 is 0 Å². The molecule has 0 saturated heterocycles. The van der Waals surface area contributed by atoms with Crippen molar-refractivity contribution >= 4 is 11.4 Å². The fraction of sp³-hybridized carbons (Fsp3) is 0. The Morgan fingerprint density at radius 3 is 1.16 bits per heavy atom. The smallest absolute Gasteiger partial charge is 0.187 e. The maximum absolute atomic E-state index is 9.53. The van der Waals surface area contributed by atoms with Crippen LogP contribution in [0.15, 0.2) is 72.8 Å². The minimum atomic E-state index is 0.516. The molecule has 4 aromatic rings. The molecule has 0 amide bonds. The van der Waals surface area contributed by atoms with Crippen molar-refractivity contribution in [2.75, 3.05) is 0 Å². The van der Waals surface area contributed by atoms with E-state index in [4.69, 9.17) is 13.1 Å². The quantitative estimate of drug-likeness (QED) is 0.251. The molecule has 0 spiro atoms. The van der Waals surface area contributed by atoms with E-state index in [1.54, 1.807) is 24.3 Å². The number of rotatable bonds is 0. The highest BCUT2D eigenvalue weighted by atomic mass is 14.6. The van der Waals surface area contributed by atoms with Crippen LogP contribution in [-0.4, -0.2) is 0 Å². The predicted octanol–water partition coefficient (Wildman–Crippen LogP) is 7.51. The molecular formula is C28H12N4. The van der Waals surface area contributed by atoms with Crippen LogP contribution in [0.4, 0.5) is 11.4 Å². The van der Waals surface area contributed by atoms with Crippen LogP contribution in [0.1, 0.15) is 11.1 Å². The third-order valence-electron chi connectivity index (χ3n) is 5.72. The number of nitriles is 2. The third-order valence-corrected chi connectivity index (χ3v) is 5.72. The van der Waals surface area contributed by atoms with Crippen LogP contribution >= 0.6 is 0 Å². The van der Waals surface area contributed by atoms with Gasteiger partial charge in [-0.15, -0.1) is 0 Å². The van der Waals surface area contributed by atoms with Crippen molar-refractivity contribution in [3.05, 3.63) is 107 Å². The lowest BCUT2D eigenvalue weighted by Gasteiger charge is -2.24. The Kier molecular flexibility index (Phi) is 4.28. The predicted molar refractivity (Wildman–Crippen MR) is 124 cm³/mol. The summed E-state index contributed by atoms with van der Waals surface area (Å²) in [4.78, 5) is 7.22. The number of benzene rings is 4. The Bertz CT molecular complexity index is 1340. The van der Waals surface area contributed by atoms with Crippen molar-refractivity contribution in [3.63, 3.8) is 0 Å². The second-order valence-corrected chi connectivity index (χ2v) is 7.43. The zero-order chi connectivity index (χ0) is 22.2. The molecule has 144 valence electrons. The van der Waals surface area contributed by atoms with Crippen LogP contribution in [-0.2, 0) is 0 Å². The van der Waals surface area contributed by atoms with Gasteiger partial charge in [-0.2, -0.15) is 10.5 Å². The van der Waals surface area contributed by atoms with Gasteiger partial charge in [0, 0.05) is 0 Å². The summed E-state index contributed by atoms with van der Waals surface area (Å²) in [6, 6.07) is 26.6. The lowest BCUT2D eigenvalue weighted by Crippen LogP contribution is -1.98. The lowest BCUT2D eigenvalue weighted by molar-refractivity contribution is 1.46. The fourth-order valence-electron chi connectivity index (χ4n) is 4.26. The zero-order valence-electron chi connectivity index (χ0n) is 16.7. The van der Waals surface area contributed by atoms with E-state index < -0.39 is 0 Å². The minimum Gasteiger partial charge on any atom is -0.238 e. The van der Waals surface area contributed by atoms with Gasteiger partial charge in [-0.25, -0.2) is 9.69 Å². The molecule has 1 aliphatic carbocycles. The summed E-state index contributed by atoms with van der Waals surface area (Å²) in [7, 11) is 0. The summed E-state index contributed by atoms with van der Waals surface area (Å²) in [5.74, 6) is 0. The average molecular weight is 404 g/mol. The van der Waals surface area contributed by atoms with Gasteiger partial charge < -0.3 is 0 Å². The Labute approximate surface area is 185 Å². The molecule has 4 aromatic carbocycles. The summed E-state index contributed by atoms with van der Waals surface area (Å²) < 4.78 is 0. The van der Waals surface area contributed by atoms with E-state index >= 15 is 0 Å². The van der Waals surface area contributed by atoms with E-state index in [0.29, 0.717) is 22.5 Å². The van der Waals surface area contributed by atoms with E-state index in [2.05, 4.69) is 21.8 Å². The first kappa shape index (κ1) is 18.8. The van der Waals surface area contributed by atoms with Crippen LogP contribution in [0.3, 0.4) is 0 Å². The molecule has 4 heteroatoms. The maximum atomic E-state index is 9.53. The Hall–Kier alpha value is -5.16. The van der Waals surface area contributed by atoms with E-state index in [-0.39, 0.29) is 0 Å². The van der Waals surface area contributed by atoms with E-state index in [9.17, 15) is 10.5 Å². The Morgan fingerprint density at radius 2 is 0.812 bits per heavy atom. The van der Waals surface area contributed by atoms with E-state index in [0.717, 1.165) is 44.5 Å². The third kappa shape index (κ3) is 2.81. The minimum absolute atomic E-state index is 0.516. The molecule has 0 fully saturated rings. The molecule has 0 aliphatic heterocycles. The Morgan fingerprint density at radius 1 is 0.469 bits per heavy atom. The second-order valence-electron chi connectivity index (χ2n) is 7.43. The first-order valence-electron chi connectivity index (χ1n) is 9.79. The van der Waals surface area contributed by atoms with E-state index in [1.165, 1.54) is 0 Å². The normalized spacial score (nSPS) is 10.4. The number of nitrogens with zero attached hydrogens (tertiary/aromatic N) is 4. The van der Waals surface area contributed by atoms with Crippen LogP contribution < -0.4 is 0 Å². The first-order valence-corrected chi connectivity index (χ1v) is 9.79. The van der Waals surface area contributed by atoms with Gasteiger partial charge in [0.1, 0.15) is 0 Å². The molecular weight excluding hydrogens is 392 g/mol. The van der Waals surface area contributed by atoms with Gasteiger partial charge >= 0.3 is 0 Å². The highest BCUT2D eigenvalue weighted by molar-refractivity contribution is 6.04. The second kappa shape index (κ2) is 7.27. The van der Waals surface area contributed by atoms with Gasteiger partial charge in [-0.3, -0.25) is 0 Å². The topological polar surface area (TPSA) is 56.3 Å². The van der Waals surface area contributed by atoms with Gasteiger partial charge in [0.2, 0.25) is 0 Å². The first-order chi connectivity index (χ1) is 15.7. The molecule has 5 rings (SSSR count). The number of hydrogen-bond donors (Lipinski definition) is 0. The highest BCUT2D eigenvalue weighted by Crippen LogP contribution is 2.49. The summed E-state index contributed by atoms with van der Waals surface area (Å²) >= 11 is 0. The van der Waals surface area contributed by atoms with Crippen molar-refractivity contribution in [3.8, 4) is 56.6 Å². The van der Waals surface area contributed by atoms with Gasteiger partial charge in [-0.05, 0) is 80.9 Å². The molecule has 0 saturated carbocycles. The van der Waals surface area contributed by atoms with Gasteiger partial charge in [0.15, 0.2) is 11.4 Å². The molecule has 0 aromatic heterocycles. The number of fused-ring (bicyclic) bond motifs is 8. The molecule has 0 bridgehead atoms. The molecule has 32 heavy (non-hydrogen) atoms. The van der Waals surface area contributed by atoms with Crippen LogP contribution in [0.2, 0.25) is 0 Å². The molecule has 1 aliphatic rings. The van der Waals surface area contributed by atoms with Crippen molar-refractivity contribution in [2.45, 2.75) is 0 Å². The van der Waals surface area contributed by atoms with Gasteiger partial charge in [-0.1, -0.05) is 36.4 Å². The summed E-state index contributed by atoms with van der Waals surface area (Å²) in [6.45, 7) is 15.0. The zero-order valence-corrected chi connectivity index (χ0v) is 16.7. The van der Waals surface area contributed by atoms with Crippen LogP contribution in [0.25, 0.3) is 54.2 Å². The molecule has 0 heterocycles. The SMILES string of the molecule is [C-]#[N+]c1ccc2c(c1)-c1ccc([N+]#[C-])cc1-c1ccc(C#N)cc1-c1ccc(C#N)cc1-2. The van der Waals surface area contributed by atoms with E-state index in [1.807, 2.05) is 48.5 Å². The molecule has 4 nitrogen and oxygen atoms in total. The largest absolute Gasteiger partial charge is 0.238 e. The summed E-state index contributed by atoms with van der Waals surface area (Å²) in [5, 5.41) is 19.1. The van der Waals surface area contributed by atoms with Crippen LogP contribution in [0, 0.1) is 35.8 Å². The average Bonchev–Trinajstić information content (AvgIpc) is 2.86. The van der Waals surface area contributed by atoms with Gasteiger partial charge in [0.05, 0.1) is 36.4 Å². The molecule has 0 unspecified atom stereocenters. The summed E-state index contributed by atoms with van der Waals surface area (Å²) in [5.41, 5.74) is 9.17. The van der Waals surface area contributed by atoms with Crippen LogP contribution in [0.5, 0.6) is 0 Å². The summed E-state index contributed by atoms with van der Waals surface area (Å²) in [6.07, 6.45) is 0. The molecule has 0 radical (unpaired) electrons. The van der Waals surface area contributed by atoms with Crippen molar-refractivity contribution in [1.82, 2.24) is 0 Å². The van der Waals surface area contributed by atoms with Crippen molar-refractivity contribution in [2.24, 2.45) is 0 Å². The molecule has 0 atom stereocenters. The maximum Gasteiger partial charge on any atom is 0.187 e. The number of hydrogen-bond acceptors (Lipinski definition) is 2.